The van der Waals surface area contributed by atoms with E-state index in [2.05, 4.69) is 51.0 Å². The second-order valence-electron chi connectivity index (χ2n) is 18.4. The van der Waals surface area contributed by atoms with E-state index >= 15 is 0 Å². The zero-order valence-corrected chi connectivity index (χ0v) is 38.8. The minimum absolute atomic E-state index is 0.0837. The molecule has 20 heteroatoms. The average molecular weight is 941 g/mol. The summed E-state index contributed by atoms with van der Waals surface area (Å²) in [5.41, 5.74) is 14.1. The predicted molar refractivity (Wildman–Crippen MR) is 261 cm³/mol. The van der Waals surface area contributed by atoms with Crippen molar-refractivity contribution in [1.82, 2.24) is 69.4 Å². The van der Waals surface area contributed by atoms with Crippen molar-refractivity contribution in [2.75, 3.05) is 37.6 Å². The van der Waals surface area contributed by atoms with Crippen LogP contribution in [0, 0.1) is 11.8 Å². The van der Waals surface area contributed by atoms with Gasteiger partial charge in [0.25, 0.3) is 0 Å². The highest BCUT2D eigenvalue weighted by Crippen LogP contribution is 2.36. The second kappa shape index (κ2) is 18.1. The van der Waals surface area contributed by atoms with Gasteiger partial charge < -0.3 is 30.9 Å². The lowest BCUT2D eigenvalue weighted by Gasteiger charge is -2.32. The van der Waals surface area contributed by atoms with Gasteiger partial charge in [0.05, 0.1) is 35.7 Å². The van der Waals surface area contributed by atoms with Crippen LogP contribution in [0.2, 0.25) is 0 Å². The third-order valence-electron chi connectivity index (χ3n) is 13.9. The van der Waals surface area contributed by atoms with Gasteiger partial charge in [-0.15, -0.1) is 10.2 Å². The van der Waals surface area contributed by atoms with Gasteiger partial charge in [-0.1, -0.05) is 60.7 Å². The van der Waals surface area contributed by atoms with Gasteiger partial charge in [-0.05, 0) is 113 Å². The Labute approximate surface area is 400 Å². The third-order valence-corrected chi connectivity index (χ3v) is 13.9. The molecule has 2 fully saturated rings. The first-order valence-corrected chi connectivity index (χ1v) is 23.6. The van der Waals surface area contributed by atoms with Crippen LogP contribution in [0.15, 0.2) is 119 Å². The van der Waals surface area contributed by atoms with E-state index in [1.807, 2.05) is 74.5 Å². The van der Waals surface area contributed by atoms with Crippen LogP contribution < -0.4 is 22.1 Å². The number of rotatable bonds is 12. The number of anilines is 2. The van der Waals surface area contributed by atoms with E-state index in [9.17, 15) is 9.59 Å². The zero-order valence-electron chi connectivity index (χ0n) is 38.8. The molecular weight excluding hydrogens is 889 g/mol. The largest absolute Gasteiger partial charge is 0.461 e. The predicted octanol–water partition coefficient (Wildman–Crippen LogP) is 6.08. The summed E-state index contributed by atoms with van der Waals surface area (Å²) < 4.78 is 17.2. The van der Waals surface area contributed by atoms with Gasteiger partial charge in [-0.25, -0.2) is 19.3 Å². The normalized spacial score (nSPS) is 18.1. The average Bonchev–Trinajstić information content (AvgIpc) is 4.25. The molecule has 2 unspecified atom stereocenters. The Hall–Kier alpha value is -8.10. The van der Waals surface area contributed by atoms with Crippen molar-refractivity contribution >= 4 is 56.8 Å². The second-order valence-corrected chi connectivity index (χ2v) is 18.4. The van der Waals surface area contributed by atoms with Gasteiger partial charge >= 0.3 is 0 Å². The zero-order chi connectivity index (χ0) is 48.0. The molecule has 0 radical (unpaired) electrons. The third kappa shape index (κ3) is 7.74. The highest BCUT2D eigenvalue weighted by Gasteiger charge is 2.42. The molecule has 0 bridgehead atoms. The van der Waals surface area contributed by atoms with E-state index in [1.165, 1.54) is 9.03 Å². The quantitative estimate of drug-likeness (QED) is 0.108. The van der Waals surface area contributed by atoms with Crippen molar-refractivity contribution in [3.63, 3.8) is 0 Å². The summed E-state index contributed by atoms with van der Waals surface area (Å²) in [6, 6.07) is 26.5. The van der Waals surface area contributed by atoms with E-state index < -0.39 is 11.1 Å². The van der Waals surface area contributed by atoms with Crippen LogP contribution in [-0.4, -0.2) is 96.5 Å². The van der Waals surface area contributed by atoms with Gasteiger partial charge in [-0.2, -0.15) is 29.2 Å². The monoisotopic (exact) mass is 940 g/mol. The van der Waals surface area contributed by atoms with Crippen LogP contribution in [0.3, 0.4) is 0 Å². The number of carbonyl (C=O) groups is 2. The van der Waals surface area contributed by atoms with Crippen molar-refractivity contribution < 1.29 is 18.4 Å². The summed E-state index contributed by atoms with van der Waals surface area (Å²) in [5.74, 6) is 2.90. The summed E-state index contributed by atoms with van der Waals surface area (Å²) >= 11 is 0. The molecule has 2 aliphatic rings. The first-order valence-electron chi connectivity index (χ1n) is 23.6. The smallest absolute Gasteiger partial charge is 0.225 e. The molecule has 2 aliphatic heterocycles. The molecule has 0 amide bonds. The molecule has 2 aromatic carbocycles. The fraction of sp³-hybridized carbons (Fsp3) is 0.320. The number of fused-ring (bicyclic) bond motifs is 6. The molecule has 356 valence electrons. The molecule has 10 aromatic rings. The van der Waals surface area contributed by atoms with Crippen LogP contribution in [-0.2, 0) is 20.7 Å². The number of furan rings is 2. The van der Waals surface area contributed by atoms with Crippen molar-refractivity contribution in [1.29, 1.82) is 0 Å². The number of carbonyl (C=O) groups excluding carboxylic acids is 2. The summed E-state index contributed by atoms with van der Waals surface area (Å²) in [4.78, 5) is 46.5. The molecule has 2 saturated heterocycles. The fourth-order valence-electron chi connectivity index (χ4n) is 9.94. The van der Waals surface area contributed by atoms with E-state index in [0.717, 1.165) is 63.0 Å². The Kier molecular flexibility index (Phi) is 11.5. The first kappa shape index (κ1) is 44.4. The molecule has 8 aromatic heterocycles. The molecule has 10 heterocycles. The number of nitrogens with two attached hydrogens (primary N) is 2. The fourth-order valence-corrected chi connectivity index (χ4v) is 9.94. The first-order chi connectivity index (χ1) is 34.1. The van der Waals surface area contributed by atoms with E-state index in [0.29, 0.717) is 69.4 Å². The highest BCUT2D eigenvalue weighted by atomic mass is 16.3. The Bertz CT molecular complexity index is 3230. The number of hydrogen-bond acceptors (Lipinski definition) is 16. The molecule has 0 spiro atoms. The number of piperidine rings is 2. The van der Waals surface area contributed by atoms with Crippen LogP contribution in [0.4, 0.5) is 11.9 Å². The maximum absolute atomic E-state index is 14.0. The van der Waals surface area contributed by atoms with Crippen LogP contribution >= 0.6 is 0 Å². The van der Waals surface area contributed by atoms with Gasteiger partial charge in [-0.3, -0.25) is 9.59 Å². The van der Waals surface area contributed by atoms with E-state index in [1.54, 1.807) is 58.5 Å². The van der Waals surface area contributed by atoms with E-state index in [4.69, 9.17) is 20.3 Å². The number of aromatic nitrogens is 12. The molecule has 4 atom stereocenters. The number of benzene rings is 2. The summed E-state index contributed by atoms with van der Waals surface area (Å²) in [5, 5.41) is 26.4. The van der Waals surface area contributed by atoms with Gasteiger partial charge in [0.1, 0.15) is 11.1 Å². The van der Waals surface area contributed by atoms with Crippen molar-refractivity contribution in [2.45, 2.75) is 63.5 Å². The lowest BCUT2D eigenvalue weighted by molar-refractivity contribution is -0.127. The summed E-state index contributed by atoms with van der Waals surface area (Å²) in [6.07, 6.45) is 11.6. The number of hydrogen-bond donors (Lipinski definition) is 4. The van der Waals surface area contributed by atoms with E-state index in [-0.39, 0.29) is 35.3 Å². The lowest BCUT2D eigenvalue weighted by Crippen LogP contribution is -2.43. The van der Waals surface area contributed by atoms with Crippen LogP contribution in [0.5, 0.6) is 0 Å². The number of nitrogen functional groups attached to an aromatic ring is 2. The molecule has 70 heavy (non-hydrogen) atoms. The summed E-state index contributed by atoms with van der Waals surface area (Å²) in [6.45, 7) is 7.51. The molecule has 0 aliphatic carbocycles. The molecule has 20 nitrogen and oxygen atoms in total. The number of Topliss-reactive ketones (excluding diaryl/α,β-unsaturated/α-hetero) is 2. The summed E-state index contributed by atoms with van der Waals surface area (Å²) in [7, 11) is 0. The van der Waals surface area contributed by atoms with Crippen molar-refractivity contribution in [3.8, 4) is 23.2 Å². The number of nitrogens with zero attached hydrogens (tertiary/aromatic N) is 12. The topological polar surface area (TPSA) is 258 Å². The maximum Gasteiger partial charge on any atom is 0.225 e. The maximum atomic E-state index is 14.0. The Balaban J connectivity index is 0.000000152. The minimum Gasteiger partial charge on any atom is -0.461 e. The van der Waals surface area contributed by atoms with Crippen molar-refractivity contribution in [3.05, 3.63) is 121 Å². The Morgan fingerprint density at radius 2 is 1.03 bits per heavy atom. The van der Waals surface area contributed by atoms with Gasteiger partial charge in [0, 0.05) is 12.8 Å². The molecule has 12 rings (SSSR count). The highest BCUT2D eigenvalue weighted by molar-refractivity contribution is 5.96. The van der Waals surface area contributed by atoms with Gasteiger partial charge in [0.15, 0.2) is 45.7 Å². The Morgan fingerprint density at radius 3 is 1.40 bits per heavy atom. The number of ketones is 2. The molecular formula is C50H52N16O4. The minimum atomic E-state index is -1.07. The van der Waals surface area contributed by atoms with Crippen molar-refractivity contribution in [2.24, 2.45) is 11.8 Å². The SMILES string of the molecule is CC(C(=O)C[C@@H]1CCCNC1)(c1ccccc1)n1ncc2c1nc(N)n1nc(-c3ccco3)nc21.CC(C(=O)C[C@H]1CCCNC1)(c1ccccc1)n1ncc2c1nc(N)n1nc(-c3ccco3)nc21. The standard InChI is InChI=1S/2C25H26N8O2/c2*1-25(17-8-3-2-4-9-17,20(34)13-16-7-5-11-27-14-16)33-23-18(15-28-33)22-29-21(19-10-6-12-35-19)31-32(22)24(26)30-23/h2*2-4,6,8-10,12,15-16,27H,5,7,11,13-14H2,1H3,(H2,26,30)/t2*16-,25?/m10/s1. The molecule has 6 N–H and O–H groups in total. The van der Waals surface area contributed by atoms with Gasteiger partial charge in [0.2, 0.25) is 23.5 Å². The number of nitrogens with one attached hydrogen (secondary N) is 2. The van der Waals surface area contributed by atoms with Crippen LogP contribution in [0.25, 0.3) is 56.5 Å². The lowest BCUT2D eigenvalue weighted by atomic mass is 9.81. The Morgan fingerprint density at radius 1 is 0.600 bits per heavy atom. The molecule has 0 saturated carbocycles. The van der Waals surface area contributed by atoms with Crippen LogP contribution in [0.1, 0.15) is 63.5 Å².